The highest BCUT2D eigenvalue weighted by Crippen LogP contribution is 2.42. The number of ether oxygens (including phenoxy) is 1. The molecule has 5 heteroatoms. The van der Waals surface area contributed by atoms with Crippen LogP contribution < -0.4 is 10.1 Å². The molecule has 0 unspecified atom stereocenters. The fraction of sp³-hybridized carbons (Fsp3) is 0.500. The third-order valence-electron chi connectivity index (χ3n) is 5.78. The number of nitrogens with zero attached hydrogens (tertiary/aromatic N) is 2. The minimum absolute atomic E-state index is 0.173. The Morgan fingerprint density at radius 2 is 2.20 bits per heavy atom. The molecule has 132 valence electrons. The van der Waals surface area contributed by atoms with E-state index in [9.17, 15) is 4.79 Å². The summed E-state index contributed by atoms with van der Waals surface area (Å²) in [5.41, 5.74) is 0.671. The van der Waals surface area contributed by atoms with Crippen molar-refractivity contribution in [2.75, 3.05) is 7.11 Å². The number of methoxy groups -OCH3 is 1. The number of nitrogens with one attached hydrogen (secondary N) is 1. The first kappa shape index (κ1) is 16.2. The Bertz CT molecular complexity index is 762. The van der Waals surface area contributed by atoms with Crippen molar-refractivity contribution in [2.45, 2.75) is 56.5 Å². The lowest BCUT2D eigenvalue weighted by atomic mass is 9.77. The molecular weight excluding hydrogens is 314 g/mol. The molecule has 0 saturated heterocycles. The van der Waals surface area contributed by atoms with E-state index in [1.807, 2.05) is 30.6 Å². The third-order valence-corrected chi connectivity index (χ3v) is 5.78. The van der Waals surface area contributed by atoms with Crippen molar-refractivity contribution >= 4 is 5.91 Å². The van der Waals surface area contributed by atoms with E-state index in [0.717, 1.165) is 62.2 Å². The lowest BCUT2D eigenvalue weighted by Gasteiger charge is -2.32. The number of rotatable bonds is 4. The second kappa shape index (κ2) is 6.54. The van der Waals surface area contributed by atoms with Gasteiger partial charge in [-0.1, -0.05) is 25.0 Å². The van der Waals surface area contributed by atoms with E-state index in [2.05, 4.69) is 20.9 Å². The van der Waals surface area contributed by atoms with Crippen LogP contribution in [-0.2, 0) is 23.2 Å². The predicted octanol–water partition coefficient (Wildman–Crippen LogP) is 2.83. The van der Waals surface area contributed by atoms with E-state index in [1.165, 1.54) is 0 Å². The van der Waals surface area contributed by atoms with Gasteiger partial charge in [0.15, 0.2) is 0 Å². The molecule has 4 rings (SSSR count). The van der Waals surface area contributed by atoms with Crippen molar-refractivity contribution in [3.05, 3.63) is 48.0 Å². The number of aromatic nitrogens is 2. The quantitative estimate of drug-likeness (QED) is 0.932. The van der Waals surface area contributed by atoms with Crippen LogP contribution in [0.2, 0.25) is 0 Å². The minimum atomic E-state index is -0.413. The second-order valence-corrected chi connectivity index (χ2v) is 7.23. The number of imidazole rings is 1. The van der Waals surface area contributed by atoms with Crippen molar-refractivity contribution in [1.82, 2.24) is 14.9 Å². The number of fused-ring (bicyclic) bond motifs is 1. The average Bonchev–Trinajstić information content (AvgIpc) is 3.31. The molecular formula is C20H25N3O2. The summed E-state index contributed by atoms with van der Waals surface area (Å²) in [5.74, 6) is 2.11. The van der Waals surface area contributed by atoms with Gasteiger partial charge in [0, 0.05) is 31.4 Å². The van der Waals surface area contributed by atoms with E-state index in [0.29, 0.717) is 0 Å². The number of benzene rings is 1. The number of hydrogen-bond acceptors (Lipinski definition) is 3. The molecule has 1 saturated carbocycles. The van der Waals surface area contributed by atoms with Crippen LogP contribution in [0.1, 0.15) is 43.5 Å². The summed E-state index contributed by atoms with van der Waals surface area (Å²) in [6.07, 6.45) is 9.74. The van der Waals surface area contributed by atoms with E-state index in [1.54, 1.807) is 7.11 Å². The molecule has 2 heterocycles. The molecule has 5 nitrogen and oxygen atoms in total. The molecule has 0 radical (unpaired) electrons. The lowest BCUT2D eigenvalue weighted by molar-refractivity contribution is -0.127. The van der Waals surface area contributed by atoms with Crippen molar-refractivity contribution in [3.8, 4) is 5.75 Å². The molecule has 2 aromatic rings. The van der Waals surface area contributed by atoms with E-state index in [-0.39, 0.29) is 11.9 Å². The maximum atomic E-state index is 13.3. The minimum Gasteiger partial charge on any atom is -0.497 e. The van der Waals surface area contributed by atoms with Crippen LogP contribution in [0.25, 0.3) is 0 Å². The Morgan fingerprint density at radius 3 is 3.00 bits per heavy atom. The Hall–Kier alpha value is -2.30. The van der Waals surface area contributed by atoms with Gasteiger partial charge in [0.1, 0.15) is 11.6 Å². The number of amides is 1. The van der Waals surface area contributed by atoms with E-state index in [4.69, 9.17) is 4.74 Å². The van der Waals surface area contributed by atoms with Gasteiger partial charge in [0.25, 0.3) is 0 Å². The number of aryl methyl sites for hydroxylation is 1. The molecule has 1 aliphatic carbocycles. The first-order valence-corrected chi connectivity index (χ1v) is 9.17. The third kappa shape index (κ3) is 2.92. The Labute approximate surface area is 148 Å². The predicted molar refractivity (Wildman–Crippen MR) is 95.6 cm³/mol. The van der Waals surface area contributed by atoms with Gasteiger partial charge >= 0.3 is 0 Å². The van der Waals surface area contributed by atoms with Gasteiger partial charge < -0.3 is 14.6 Å². The van der Waals surface area contributed by atoms with Crippen LogP contribution in [0.15, 0.2) is 36.7 Å². The Kier molecular flexibility index (Phi) is 4.24. The molecule has 2 aliphatic rings. The molecule has 1 N–H and O–H groups in total. The van der Waals surface area contributed by atoms with Crippen LogP contribution in [0.4, 0.5) is 0 Å². The van der Waals surface area contributed by atoms with Crippen molar-refractivity contribution < 1.29 is 9.53 Å². The van der Waals surface area contributed by atoms with Crippen molar-refractivity contribution in [1.29, 1.82) is 0 Å². The van der Waals surface area contributed by atoms with Crippen LogP contribution in [0.3, 0.4) is 0 Å². The van der Waals surface area contributed by atoms with Gasteiger partial charge in [-0.05, 0) is 37.0 Å². The highest BCUT2D eigenvalue weighted by atomic mass is 16.5. The standard InChI is InChI=1S/C20H25N3O2/c1-25-17-6-4-5-15(13-17)20(9-2-3-10-20)19(24)22-16-7-8-18-21-11-12-23(18)14-16/h4-6,11-13,16H,2-3,7-10,14H2,1H3,(H,22,24)/t16-/m0/s1. The Morgan fingerprint density at radius 1 is 1.36 bits per heavy atom. The summed E-state index contributed by atoms with van der Waals surface area (Å²) in [6, 6.07) is 8.20. The molecule has 1 aromatic heterocycles. The molecule has 0 spiro atoms. The molecule has 0 bridgehead atoms. The first-order chi connectivity index (χ1) is 12.2. The number of carbonyl (C=O) groups is 1. The SMILES string of the molecule is COc1cccc(C2(C(=O)N[C@H]3CCc4nccn4C3)CCCC2)c1. The highest BCUT2D eigenvalue weighted by molar-refractivity contribution is 5.89. The topological polar surface area (TPSA) is 56.1 Å². The zero-order chi connectivity index (χ0) is 17.3. The molecule has 25 heavy (non-hydrogen) atoms. The monoisotopic (exact) mass is 339 g/mol. The summed E-state index contributed by atoms with van der Waals surface area (Å²) < 4.78 is 7.53. The summed E-state index contributed by atoms with van der Waals surface area (Å²) in [4.78, 5) is 17.7. The average molecular weight is 339 g/mol. The largest absolute Gasteiger partial charge is 0.497 e. The normalized spacial score (nSPS) is 21.6. The molecule has 1 atom stereocenters. The van der Waals surface area contributed by atoms with E-state index >= 15 is 0 Å². The Balaban J connectivity index is 1.55. The number of carbonyl (C=O) groups excluding carboxylic acids is 1. The first-order valence-electron chi connectivity index (χ1n) is 9.17. The highest BCUT2D eigenvalue weighted by Gasteiger charge is 2.43. The molecule has 1 amide bonds. The lowest BCUT2D eigenvalue weighted by Crippen LogP contribution is -2.49. The van der Waals surface area contributed by atoms with Gasteiger partial charge in [-0.3, -0.25) is 4.79 Å². The molecule has 1 fully saturated rings. The van der Waals surface area contributed by atoms with E-state index < -0.39 is 5.41 Å². The smallest absolute Gasteiger partial charge is 0.230 e. The van der Waals surface area contributed by atoms with Gasteiger partial charge in [0.2, 0.25) is 5.91 Å². The molecule has 1 aliphatic heterocycles. The fourth-order valence-corrected chi connectivity index (χ4v) is 4.35. The van der Waals surface area contributed by atoms with Gasteiger partial charge in [-0.2, -0.15) is 0 Å². The van der Waals surface area contributed by atoms with Crippen LogP contribution in [-0.4, -0.2) is 28.6 Å². The van der Waals surface area contributed by atoms with Crippen LogP contribution in [0, 0.1) is 0 Å². The van der Waals surface area contributed by atoms with Gasteiger partial charge in [-0.25, -0.2) is 4.98 Å². The van der Waals surface area contributed by atoms with Crippen molar-refractivity contribution in [2.24, 2.45) is 0 Å². The van der Waals surface area contributed by atoms with Crippen LogP contribution >= 0.6 is 0 Å². The van der Waals surface area contributed by atoms with Crippen molar-refractivity contribution in [3.63, 3.8) is 0 Å². The zero-order valence-electron chi connectivity index (χ0n) is 14.7. The summed E-state index contributed by atoms with van der Waals surface area (Å²) >= 11 is 0. The fourth-order valence-electron chi connectivity index (χ4n) is 4.35. The second-order valence-electron chi connectivity index (χ2n) is 7.23. The summed E-state index contributed by atoms with van der Waals surface area (Å²) in [5, 5.41) is 3.34. The van der Waals surface area contributed by atoms with Crippen LogP contribution in [0.5, 0.6) is 5.75 Å². The zero-order valence-corrected chi connectivity index (χ0v) is 14.7. The van der Waals surface area contributed by atoms with Gasteiger partial charge in [0.05, 0.1) is 12.5 Å². The maximum absolute atomic E-state index is 13.3. The number of hydrogen-bond donors (Lipinski definition) is 1. The summed E-state index contributed by atoms with van der Waals surface area (Å²) in [6.45, 7) is 0.815. The summed E-state index contributed by atoms with van der Waals surface area (Å²) in [7, 11) is 1.67. The maximum Gasteiger partial charge on any atom is 0.230 e. The van der Waals surface area contributed by atoms with Gasteiger partial charge in [-0.15, -0.1) is 0 Å². The molecule has 1 aromatic carbocycles.